The molecule has 4 aromatic rings. The fraction of sp³-hybridized carbons (Fsp3) is 0.341. The molecule has 2 amide bonds. The molecule has 1 fully saturated rings. The largest absolute Gasteiger partial charge is 0.508 e. The normalized spacial score (nSPS) is 15.5. The molecule has 0 spiro atoms. The van der Waals surface area contributed by atoms with Gasteiger partial charge in [-0.3, -0.25) is 14.4 Å². The summed E-state index contributed by atoms with van der Waals surface area (Å²) in [7, 11) is 3.97. The number of ether oxygens (including phenoxy) is 1. The van der Waals surface area contributed by atoms with E-state index in [1.54, 1.807) is 11.0 Å². The predicted octanol–water partition coefficient (Wildman–Crippen LogP) is 4.67. The molecule has 0 saturated carbocycles. The van der Waals surface area contributed by atoms with Crippen LogP contribution in [0.1, 0.15) is 63.5 Å². The molecule has 6 N–H and O–H groups in total. The quantitative estimate of drug-likeness (QED) is 0.0892. The summed E-state index contributed by atoms with van der Waals surface area (Å²) in [6.07, 6.45) is 2.54. The summed E-state index contributed by atoms with van der Waals surface area (Å²) in [6.45, 7) is 2.78. The summed E-state index contributed by atoms with van der Waals surface area (Å²) in [6, 6.07) is 26.9. The van der Waals surface area contributed by atoms with E-state index < -0.39 is 6.10 Å². The summed E-state index contributed by atoms with van der Waals surface area (Å²) in [5.41, 5.74) is 5.34. The number of amides is 2. The molecule has 0 unspecified atom stereocenters. The van der Waals surface area contributed by atoms with E-state index in [2.05, 4.69) is 52.9 Å². The van der Waals surface area contributed by atoms with Gasteiger partial charge in [0.2, 0.25) is 0 Å². The predicted molar refractivity (Wildman–Crippen MR) is 201 cm³/mol. The van der Waals surface area contributed by atoms with E-state index in [1.807, 2.05) is 49.5 Å². The number of carbonyl (C=O) groups excluding carboxylic acids is 2. The first-order valence-electron chi connectivity index (χ1n) is 17.7. The number of fused-ring (bicyclic) bond motifs is 1. The van der Waals surface area contributed by atoms with Crippen LogP contribution >= 0.6 is 0 Å². The molecular formula is C41H48N4O8. The van der Waals surface area contributed by atoms with E-state index in [4.69, 9.17) is 14.6 Å². The van der Waals surface area contributed by atoms with E-state index in [0.29, 0.717) is 30.0 Å². The van der Waals surface area contributed by atoms with Gasteiger partial charge in [-0.2, -0.15) is 0 Å². The van der Waals surface area contributed by atoms with Crippen molar-refractivity contribution < 1.29 is 39.5 Å². The topological polar surface area (TPSA) is 172 Å². The van der Waals surface area contributed by atoms with Gasteiger partial charge < -0.3 is 45.6 Å². The number of likely N-dealkylation sites (tertiary alicyclic amines) is 1. The average Bonchev–Trinajstić information content (AvgIpc) is 3.17. The summed E-state index contributed by atoms with van der Waals surface area (Å²) in [5.74, 6) is 0.0658. The molecular weight excluding hydrogens is 676 g/mol. The van der Waals surface area contributed by atoms with Gasteiger partial charge in [-0.05, 0) is 92.8 Å². The maximum Gasteiger partial charge on any atom is 0.290 e. The standard InChI is InChI=1S/C40H46N4O6.CH2O2/c1-43-21-18-40(19-22-43,30-8-4-3-5-9-30)32-23-27(12-16-33(32)45)7-6-20-44(2)39(49)29-13-10-28(11-14-29)24-41-25-35(47)31-15-17-34(46)37-38(31)50-26-36(48)42-37;2-1-3/h3-5,8-17,23,35,41,45-47H,6-7,18-22,24-26H2,1-2H3,(H,42,48);1H,(H,2,3)/t35-;/m0./s1. The zero-order chi connectivity index (χ0) is 38.0. The number of aliphatic hydroxyl groups excluding tert-OH is 1. The molecule has 0 radical (unpaired) electrons. The first-order valence-corrected chi connectivity index (χ1v) is 17.7. The van der Waals surface area contributed by atoms with E-state index in [0.717, 1.165) is 55.5 Å². The Hall–Kier alpha value is -5.43. The number of aromatic hydroxyl groups is 2. The fourth-order valence-corrected chi connectivity index (χ4v) is 7.10. The number of phenols is 2. The number of hydrogen-bond acceptors (Lipinski definition) is 9. The van der Waals surface area contributed by atoms with Crippen molar-refractivity contribution >= 4 is 24.0 Å². The average molecular weight is 725 g/mol. The lowest BCUT2D eigenvalue weighted by Crippen LogP contribution is -2.41. The highest BCUT2D eigenvalue weighted by Gasteiger charge is 2.39. The van der Waals surface area contributed by atoms with E-state index in [-0.39, 0.29) is 54.0 Å². The monoisotopic (exact) mass is 724 g/mol. The minimum absolute atomic E-state index is 0.0510. The van der Waals surface area contributed by atoms with Gasteiger partial charge in [0.1, 0.15) is 17.2 Å². The van der Waals surface area contributed by atoms with Crippen molar-refractivity contribution in [3.63, 3.8) is 0 Å². The molecule has 53 heavy (non-hydrogen) atoms. The third-order valence-electron chi connectivity index (χ3n) is 10.1. The van der Waals surface area contributed by atoms with Crippen molar-refractivity contribution in [1.82, 2.24) is 15.1 Å². The van der Waals surface area contributed by atoms with Crippen molar-refractivity contribution in [2.24, 2.45) is 0 Å². The summed E-state index contributed by atoms with van der Waals surface area (Å²) < 4.78 is 5.48. The maximum atomic E-state index is 13.2. The van der Waals surface area contributed by atoms with Crippen LogP contribution in [0.2, 0.25) is 0 Å². The molecule has 1 saturated heterocycles. The third kappa shape index (κ3) is 9.33. The van der Waals surface area contributed by atoms with Gasteiger partial charge in [0.25, 0.3) is 18.3 Å². The second kappa shape index (κ2) is 17.9. The zero-order valence-corrected chi connectivity index (χ0v) is 30.1. The Morgan fingerprint density at radius 2 is 1.66 bits per heavy atom. The molecule has 12 heteroatoms. The Morgan fingerprint density at radius 1 is 1.00 bits per heavy atom. The smallest absolute Gasteiger partial charge is 0.290 e. The number of piperidine rings is 1. The molecule has 0 bridgehead atoms. The Labute approximate surface area is 309 Å². The number of nitrogens with one attached hydrogen (secondary N) is 2. The van der Waals surface area contributed by atoms with E-state index in [1.165, 1.54) is 11.6 Å². The van der Waals surface area contributed by atoms with Crippen molar-refractivity contribution in [3.05, 3.63) is 118 Å². The van der Waals surface area contributed by atoms with Crippen LogP contribution in [0, 0.1) is 0 Å². The maximum absolute atomic E-state index is 13.2. The fourth-order valence-electron chi connectivity index (χ4n) is 7.10. The number of aryl methyl sites for hydroxylation is 1. The number of carbonyl (C=O) groups is 3. The number of benzene rings is 4. The van der Waals surface area contributed by atoms with Gasteiger partial charge in [-0.1, -0.05) is 54.6 Å². The molecule has 2 aliphatic heterocycles. The lowest BCUT2D eigenvalue weighted by atomic mass is 9.67. The van der Waals surface area contributed by atoms with Crippen LogP contribution in [-0.4, -0.2) is 95.4 Å². The summed E-state index contributed by atoms with van der Waals surface area (Å²) in [4.78, 5) is 37.3. The first-order chi connectivity index (χ1) is 25.6. The number of rotatable bonds is 12. The van der Waals surface area contributed by atoms with Crippen LogP contribution in [-0.2, 0) is 28.0 Å². The van der Waals surface area contributed by atoms with Gasteiger partial charge in [0.15, 0.2) is 12.4 Å². The molecule has 4 aromatic carbocycles. The van der Waals surface area contributed by atoms with Crippen molar-refractivity contribution in [1.29, 1.82) is 0 Å². The van der Waals surface area contributed by atoms with Crippen LogP contribution in [0.3, 0.4) is 0 Å². The molecule has 0 aromatic heterocycles. The Bertz CT molecular complexity index is 1860. The molecule has 280 valence electrons. The van der Waals surface area contributed by atoms with Crippen LogP contribution < -0.4 is 15.4 Å². The lowest BCUT2D eigenvalue weighted by Gasteiger charge is -2.42. The summed E-state index contributed by atoms with van der Waals surface area (Å²) in [5, 5.41) is 44.6. The number of hydrogen-bond donors (Lipinski definition) is 6. The van der Waals surface area contributed by atoms with Gasteiger partial charge >= 0.3 is 0 Å². The number of anilines is 1. The molecule has 2 heterocycles. The number of phenolic OH excluding ortho intramolecular Hbond substituents is 2. The highest BCUT2D eigenvalue weighted by molar-refractivity contribution is 5.97. The Morgan fingerprint density at radius 3 is 2.36 bits per heavy atom. The molecule has 1 atom stereocenters. The van der Waals surface area contributed by atoms with Gasteiger partial charge in [0.05, 0.1) is 6.10 Å². The molecule has 0 aliphatic carbocycles. The number of nitrogens with zero attached hydrogens (tertiary/aromatic N) is 2. The highest BCUT2D eigenvalue weighted by Crippen LogP contribution is 2.45. The van der Waals surface area contributed by atoms with E-state index >= 15 is 0 Å². The first kappa shape index (κ1) is 38.8. The Kier molecular flexibility index (Phi) is 13.1. The van der Waals surface area contributed by atoms with Crippen molar-refractivity contribution in [2.45, 2.75) is 43.7 Å². The van der Waals surface area contributed by atoms with Gasteiger partial charge in [-0.15, -0.1) is 0 Å². The highest BCUT2D eigenvalue weighted by atomic mass is 16.5. The van der Waals surface area contributed by atoms with Crippen molar-refractivity contribution in [2.75, 3.05) is 52.2 Å². The molecule has 6 rings (SSSR count). The Balaban J connectivity index is 0.00000175. The SMILES string of the molecule is CN1CCC(c2ccccc2)(c2cc(CCCN(C)C(=O)c3ccc(CNC[C@H](O)c4ccc(O)c5c4OCC(=O)N5)cc3)ccc2O)CC1.O=CO. The minimum Gasteiger partial charge on any atom is -0.508 e. The second-order valence-electron chi connectivity index (χ2n) is 13.6. The van der Waals surface area contributed by atoms with Gasteiger partial charge in [0, 0.05) is 48.8 Å². The third-order valence-corrected chi connectivity index (χ3v) is 10.1. The second-order valence-corrected chi connectivity index (χ2v) is 13.6. The molecule has 2 aliphatic rings. The van der Waals surface area contributed by atoms with Crippen LogP contribution in [0.25, 0.3) is 0 Å². The van der Waals surface area contributed by atoms with Gasteiger partial charge in [-0.25, -0.2) is 0 Å². The number of aliphatic hydroxyl groups is 1. The molecule has 12 nitrogen and oxygen atoms in total. The van der Waals surface area contributed by atoms with E-state index in [9.17, 15) is 24.9 Å². The zero-order valence-electron chi connectivity index (χ0n) is 30.1. The minimum atomic E-state index is -0.929. The van der Waals surface area contributed by atoms with Crippen molar-refractivity contribution in [3.8, 4) is 17.2 Å². The van der Waals surface area contributed by atoms with Crippen LogP contribution in [0.15, 0.2) is 84.9 Å². The van der Waals surface area contributed by atoms with Crippen LogP contribution in [0.5, 0.6) is 17.2 Å². The summed E-state index contributed by atoms with van der Waals surface area (Å²) >= 11 is 0. The van der Waals surface area contributed by atoms with Crippen LogP contribution in [0.4, 0.5) is 5.69 Å². The number of carboxylic acid groups (broad SMARTS) is 1. The lowest BCUT2D eigenvalue weighted by molar-refractivity contribution is -0.123.